The van der Waals surface area contributed by atoms with E-state index < -0.39 is 0 Å². The van der Waals surface area contributed by atoms with E-state index in [1.54, 1.807) is 23.8 Å². The molecule has 1 rings (SSSR count). The second kappa shape index (κ2) is 9.11. The van der Waals surface area contributed by atoms with Gasteiger partial charge in [0.05, 0.1) is 6.61 Å². The first kappa shape index (κ1) is 18.1. The van der Waals surface area contributed by atoms with E-state index >= 15 is 0 Å². The zero-order valence-corrected chi connectivity index (χ0v) is 14.6. The molecule has 0 radical (unpaired) electrons. The zero-order valence-electron chi connectivity index (χ0n) is 13.0. The Balaban J connectivity index is 2.77. The second-order valence-corrected chi connectivity index (χ2v) is 6.50. The Morgan fingerprint density at radius 1 is 1.62 bits per heavy atom. The van der Waals surface area contributed by atoms with Crippen molar-refractivity contribution >= 4 is 40.0 Å². The average molecular weight is 332 g/mol. The SMILES string of the molecule is CCC(CSC)N(C)C(=O)c1sc(NCCOC)nc1N. The lowest BCUT2D eigenvalue weighted by Crippen LogP contribution is -2.38. The Kier molecular flexibility index (Phi) is 7.84. The Morgan fingerprint density at radius 2 is 2.33 bits per heavy atom. The maximum Gasteiger partial charge on any atom is 0.267 e. The quantitative estimate of drug-likeness (QED) is 0.673. The maximum absolute atomic E-state index is 12.5. The number of hydrogen-bond acceptors (Lipinski definition) is 7. The van der Waals surface area contributed by atoms with Crippen LogP contribution in [0.5, 0.6) is 0 Å². The largest absolute Gasteiger partial charge is 0.383 e. The van der Waals surface area contributed by atoms with Crippen molar-refractivity contribution in [1.29, 1.82) is 0 Å². The van der Waals surface area contributed by atoms with E-state index in [1.165, 1.54) is 11.3 Å². The maximum atomic E-state index is 12.5. The van der Waals surface area contributed by atoms with Crippen LogP contribution in [0.1, 0.15) is 23.0 Å². The normalized spacial score (nSPS) is 12.2. The fraction of sp³-hybridized carbons (Fsp3) is 0.692. The van der Waals surface area contributed by atoms with Crippen LogP contribution >= 0.6 is 23.1 Å². The molecule has 1 aromatic heterocycles. The van der Waals surface area contributed by atoms with Gasteiger partial charge in [0.1, 0.15) is 10.7 Å². The number of nitrogen functional groups attached to an aromatic ring is 1. The molecule has 8 heteroatoms. The van der Waals surface area contributed by atoms with Crippen LogP contribution in [0.25, 0.3) is 0 Å². The van der Waals surface area contributed by atoms with Crippen molar-refractivity contribution in [1.82, 2.24) is 9.88 Å². The van der Waals surface area contributed by atoms with Crippen LogP contribution in [-0.2, 0) is 4.74 Å². The summed E-state index contributed by atoms with van der Waals surface area (Å²) in [5.74, 6) is 1.14. The predicted octanol–water partition coefficient (Wildman–Crippen LogP) is 2.00. The Hall–Kier alpha value is -0.990. The molecular weight excluding hydrogens is 308 g/mol. The van der Waals surface area contributed by atoms with Crippen LogP contribution in [0.4, 0.5) is 10.9 Å². The first-order chi connectivity index (χ1) is 10.0. The minimum atomic E-state index is -0.0642. The standard InChI is InChI=1S/C13H24N4O2S2/c1-5-9(8-20-4)17(2)12(18)10-11(14)16-13(21-10)15-6-7-19-3/h9H,5-8,14H2,1-4H3,(H,15,16). The third-order valence-corrected chi connectivity index (χ3v) is 4.86. The molecule has 120 valence electrons. The van der Waals surface area contributed by atoms with Gasteiger partial charge in [-0.05, 0) is 12.7 Å². The van der Waals surface area contributed by atoms with Crippen LogP contribution in [0.2, 0.25) is 0 Å². The number of anilines is 2. The number of aromatic nitrogens is 1. The molecule has 0 aliphatic carbocycles. The van der Waals surface area contributed by atoms with Crippen molar-refractivity contribution in [3.63, 3.8) is 0 Å². The molecule has 1 amide bonds. The molecule has 0 spiro atoms. The first-order valence-electron chi connectivity index (χ1n) is 6.80. The lowest BCUT2D eigenvalue weighted by atomic mass is 10.2. The van der Waals surface area contributed by atoms with Crippen molar-refractivity contribution < 1.29 is 9.53 Å². The first-order valence-corrected chi connectivity index (χ1v) is 9.01. The summed E-state index contributed by atoms with van der Waals surface area (Å²) < 4.78 is 4.96. The van der Waals surface area contributed by atoms with Crippen molar-refractivity contribution in [3.05, 3.63) is 4.88 Å². The number of ether oxygens (including phenoxy) is 1. The highest BCUT2D eigenvalue weighted by molar-refractivity contribution is 7.98. The van der Waals surface area contributed by atoms with Gasteiger partial charge in [-0.25, -0.2) is 4.98 Å². The number of thiazole rings is 1. The number of methoxy groups -OCH3 is 1. The summed E-state index contributed by atoms with van der Waals surface area (Å²) in [7, 11) is 3.46. The van der Waals surface area contributed by atoms with Gasteiger partial charge in [0.25, 0.3) is 5.91 Å². The van der Waals surface area contributed by atoms with Crippen LogP contribution in [0.15, 0.2) is 0 Å². The third kappa shape index (κ3) is 5.05. The summed E-state index contributed by atoms with van der Waals surface area (Å²) in [6.07, 6.45) is 2.96. The highest BCUT2D eigenvalue weighted by atomic mass is 32.2. The highest BCUT2D eigenvalue weighted by Gasteiger charge is 2.24. The molecule has 0 bridgehead atoms. The van der Waals surface area contributed by atoms with Gasteiger partial charge in [0.15, 0.2) is 5.13 Å². The van der Waals surface area contributed by atoms with Crippen LogP contribution < -0.4 is 11.1 Å². The predicted molar refractivity (Wildman–Crippen MR) is 91.4 cm³/mol. The van der Waals surface area contributed by atoms with Gasteiger partial charge < -0.3 is 20.7 Å². The van der Waals surface area contributed by atoms with Crippen LogP contribution in [0.3, 0.4) is 0 Å². The molecule has 0 aliphatic heterocycles. The molecule has 0 fully saturated rings. The molecule has 1 unspecified atom stereocenters. The molecule has 21 heavy (non-hydrogen) atoms. The number of carbonyl (C=O) groups excluding carboxylic acids is 1. The lowest BCUT2D eigenvalue weighted by Gasteiger charge is -2.26. The van der Waals surface area contributed by atoms with E-state index in [9.17, 15) is 4.79 Å². The third-order valence-electron chi connectivity index (χ3n) is 3.13. The number of nitrogens with zero attached hydrogens (tertiary/aromatic N) is 2. The van der Waals surface area contributed by atoms with Gasteiger partial charge in [0, 0.05) is 32.5 Å². The van der Waals surface area contributed by atoms with E-state index in [2.05, 4.69) is 17.2 Å². The van der Waals surface area contributed by atoms with E-state index in [4.69, 9.17) is 10.5 Å². The van der Waals surface area contributed by atoms with Gasteiger partial charge in [-0.2, -0.15) is 11.8 Å². The molecule has 1 atom stereocenters. The number of nitrogens with one attached hydrogen (secondary N) is 1. The van der Waals surface area contributed by atoms with E-state index in [1.807, 2.05) is 13.3 Å². The van der Waals surface area contributed by atoms with Gasteiger partial charge in [0.2, 0.25) is 0 Å². The molecular formula is C13H24N4O2S2. The summed E-state index contributed by atoms with van der Waals surface area (Å²) in [6.45, 7) is 3.30. The second-order valence-electron chi connectivity index (χ2n) is 4.59. The van der Waals surface area contributed by atoms with Crippen LogP contribution in [0, 0.1) is 0 Å². The monoisotopic (exact) mass is 332 g/mol. The zero-order chi connectivity index (χ0) is 15.8. The minimum absolute atomic E-state index is 0.0642. The van der Waals surface area contributed by atoms with Gasteiger partial charge in [-0.3, -0.25) is 4.79 Å². The number of thioether (sulfide) groups is 1. The number of hydrogen-bond donors (Lipinski definition) is 2. The van der Waals surface area contributed by atoms with Crippen LogP contribution in [-0.4, -0.2) is 61.2 Å². The number of carbonyl (C=O) groups is 1. The Labute approximate surface area is 134 Å². The molecule has 6 nitrogen and oxygen atoms in total. The average Bonchev–Trinajstić information content (AvgIpc) is 2.84. The summed E-state index contributed by atoms with van der Waals surface area (Å²) in [4.78, 5) is 19.0. The van der Waals surface area contributed by atoms with Crippen molar-refractivity contribution in [2.45, 2.75) is 19.4 Å². The van der Waals surface area contributed by atoms with Crippen molar-refractivity contribution in [3.8, 4) is 0 Å². The molecule has 3 N–H and O–H groups in total. The number of rotatable bonds is 9. The topological polar surface area (TPSA) is 80.5 Å². The number of nitrogens with two attached hydrogens (primary N) is 1. The number of amides is 1. The highest BCUT2D eigenvalue weighted by Crippen LogP contribution is 2.27. The van der Waals surface area contributed by atoms with Crippen molar-refractivity contribution in [2.24, 2.45) is 0 Å². The minimum Gasteiger partial charge on any atom is -0.383 e. The molecule has 0 saturated carbocycles. The van der Waals surface area contributed by atoms with E-state index in [-0.39, 0.29) is 17.8 Å². The lowest BCUT2D eigenvalue weighted by molar-refractivity contribution is 0.0749. The molecule has 1 aromatic rings. The Bertz CT molecular complexity index is 453. The summed E-state index contributed by atoms with van der Waals surface area (Å²) in [5.41, 5.74) is 5.88. The van der Waals surface area contributed by atoms with E-state index in [0.717, 1.165) is 12.2 Å². The van der Waals surface area contributed by atoms with Gasteiger partial charge in [-0.1, -0.05) is 18.3 Å². The van der Waals surface area contributed by atoms with Crippen molar-refractivity contribution in [2.75, 3.05) is 50.4 Å². The fourth-order valence-electron chi connectivity index (χ4n) is 1.84. The molecule has 1 heterocycles. The van der Waals surface area contributed by atoms with Gasteiger partial charge >= 0.3 is 0 Å². The molecule has 0 aliphatic rings. The summed E-state index contributed by atoms with van der Waals surface area (Å²) in [6, 6.07) is 0.207. The van der Waals surface area contributed by atoms with Gasteiger partial charge in [-0.15, -0.1) is 0 Å². The van der Waals surface area contributed by atoms with E-state index in [0.29, 0.717) is 23.2 Å². The molecule has 0 saturated heterocycles. The molecule has 0 aromatic carbocycles. The summed E-state index contributed by atoms with van der Waals surface area (Å²) in [5, 5.41) is 3.75. The smallest absolute Gasteiger partial charge is 0.267 e. The fourth-order valence-corrected chi connectivity index (χ4v) is 3.58. The summed E-state index contributed by atoms with van der Waals surface area (Å²) >= 11 is 3.03. The Morgan fingerprint density at radius 3 is 2.90 bits per heavy atom.